The van der Waals surface area contributed by atoms with Crippen molar-refractivity contribution in [1.82, 2.24) is 0 Å². The number of hydrogen-bond donors (Lipinski definition) is 0. The quantitative estimate of drug-likeness (QED) is 0.430. The van der Waals surface area contributed by atoms with Crippen LogP contribution in [0.3, 0.4) is 0 Å². The van der Waals surface area contributed by atoms with Gasteiger partial charge in [0.25, 0.3) is 11.4 Å². The lowest BCUT2D eigenvalue weighted by molar-refractivity contribution is -0.589. The first-order chi connectivity index (χ1) is 5.79. The van der Waals surface area contributed by atoms with Crippen LogP contribution in [0.25, 0.3) is 11.4 Å². The Morgan fingerprint density at radius 1 is 0.833 bits per heavy atom. The molecule has 0 spiro atoms. The summed E-state index contributed by atoms with van der Waals surface area (Å²) in [5.41, 5.74) is 1.93. The maximum absolute atomic E-state index is 5.05. The van der Waals surface area contributed by atoms with E-state index in [4.69, 9.17) is 25.6 Å². The molecule has 2 rings (SSSR count). The van der Waals surface area contributed by atoms with Gasteiger partial charge in [-0.25, -0.2) is 7.94 Å². The van der Waals surface area contributed by atoms with E-state index in [2.05, 4.69) is 0 Å². The summed E-state index contributed by atoms with van der Waals surface area (Å²) in [6.07, 6.45) is 1.70. The number of fused-ring (bicyclic) bond motifs is 1. The Labute approximate surface area is 81.9 Å². The maximum atomic E-state index is 5.05. The van der Waals surface area contributed by atoms with Crippen LogP contribution in [0.2, 0.25) is 0 Å². The van der Waals surface area contributed by atoms with Gasteiger partial charge in [-0.2, -0.15) is 0 Å². The Kier molecular flexibility index (Phi) is 1.78. The van der Waals surface area contributed by atoms with Crippen LogP contribution in [-0.2, 0) is 25.6 Å². The Balaban J connectivity index is 2.79. The summed E-state index contributed by atoms with van der Waals surface area (Å²) >= 11 is 10.1. The van der Waals surface area contributed by atoms with E-state index >= 15 is 0 Å². The molecule has 2 nitrogen and oxygen atoms in total. The lowest BCUT2D eigenvalue weighted by Gasteiger charge is -1.87. The molecule has 0 saturated carbocycles. The highest BCUT2D eigenvalue weighted by molar-refractivity contribution is 7.51. The zero-order chi connectivity index (χ0) is 8.55. The number of imidazole rings is 1. The van der Waals surface area contributed by atoms with Crippen LogP contribution in [0, 0.1) is 0 Å². The van der Waals surface area contributed by atoms with Crippen LogP contribution in [0.1, 0.15) is 0 Å². The second-order valence-electron chi connectivity index (χ2n) is 2.45. The smallest absolute Gasteiger partial charge is 0.378 e. The predicted octanol–water partition coefficient (Wildman–Crippen LogP) is -0.0136. The summed E-state index contributed by atoms with van der Waals surface area (Å²) in [6, 6.07) is 9.74. The predicted molar refractivity (Wildman–Crippen MR) is 49.0 cm³/mol. The Hall–Kier alpha value is -1.00. The third-order valence-electron chi connectivity index (χ3n) is 1.68. The highest BCUT2D eigenvalue weighted by Gasteiger charge is 2.18. The number of rotatable bonds is 0. The Bertz CT molecular complexity index is 355. The number of nitrogens with zero attached hydrogens (tertiary/aromatic N) is 2. The summed E-state index contributed by atoms with van der Waals surface area (Å²) in [7, 11) is 0. The largest absolute Gasteiger partial charge is 0.420 e. The van der Waals surface area contributed by atoms with Gasteiger partial charge in [-0.05, 0) is 0 Å². The molecule has 0 aromatic carbocycles. The van der Waals surface area contributed by atoms with Crippen LogP contribution < -0.4 is 7.94 Å². The first-order valence-corrected chi connectivity index (χ1v) is 4.22. The second-order valence-corrected chi connectivity index (χ2v) is 3.24. The molecule has 1 heterocycles. The van der Waals surface area contributed by atoms with Crippen molar-refractivity contribution >= 4 is 25.6 Å². The van der Waals surface area contributed by atoms with Gasteiger partial charge < -0.3 is 25.6 Å². The molecule has 0 aromatic rings. The first kappa shape index (κ1) is 7.64. The van der Waals surface area contributed by atoms with E-state index in [9.17, 15) is 0 Å². The highest BCUT2D eigenvalue weighted by atomic mass is 32.1. The molecule has 4 heteroatoms. The highest BCUT2D eigenvalue weighted by Crippen LogP contribution is 2.09. The first-order valence-electron chi connectivity index (χ1n) is 3.49. The molecular weight excluding hydrogens is 188 g/mol. The fourth-order valence-electron chi connectivity index (χ4n) is 1.12. The minimum atomic E-state index is 0.963. The van der Waals surface area contributed by atoms with E-state index in [1.165, 1.54) is 0 Å². The van der Waals surface area contributed by atoms with Crippen molar-refractivity contribution in [2.75, 3.05) is 0 Å². The fraction of sp³-hybridized carbons (Fsp3) is 0. The van der Waals surface area contributed by atoms with Crippen LogP contribution in [0.15, 0.2) is 36.7 Å². The normalized spacial score (nSPS) is 10.3. The Morgan fingerprint density at radius 3 is 1.83 bits per heavy atom. The third kappa shape index (κ3) is 1.09. The molecule has 0 unspecified atom stereocenters. The Morgan fingerprint density at radius 2 is 1.33 bits per heavy atom. The van der Waals surface area contributed by atoms with Gasteiger partial charge in [0.1, 0.15) is 0 Å². The van der Waals surface area contributed by atoms with Crippen molar-refractivity contribution in [3.05, 3.63) is 36.7 Å². The zero-order valence-corrected chi connectivity index (χ0v) is 7.81. The summed E-state index contributed by atoms with van der Waals surface area (Å²) < 4.78 is 3.20. The molecule has 1 aliphatic carbocycles. The molecule has 60 valence electrons. The third-order valence-corrected chi connectivity index (χ3v) is 2.26. The monoisotopic (exact) mass is 194 g/mol. The zero-order valence-electron chi connectivity index (χ0n) is 6.18. The minimum Gasteiger partial charge on any atom is -0.420 e. The molecule has 0 fully saturated rings. The molecule has 0 atom stereocenters. The lowest BCUT2D eigenvalue weighted by Crippen LogP contribution is -2.30. The molecule has 2 aliphatic rings. The molecule has 0 bridgehead atoms. The van der Waals surface area contributed by atoms with Gasteiger partial charge in [0.05, 0.1) is 0 Å². The molecule has 0 amide bonds. The average Bonchev–Trinajstić information content (AvgIpc) is 2.29. The van der Waals surface area contributed by atoms with Gasteiger partial charge in [-0.1, -0.05) is 18.2 Å². The van der Waals surface area contributed by atoms with Gasteiger partial charge in [0.2, 0.25) is 0 Å². The van der Waals surface area contributed by atoms with Crippen molar-refractivity contribution in [2.24, 2.45) is 0 Å². The standard InChI is InChI=1S/C8H6N2S2/c11-9-6-10(12)8-5-3-1-2-4-7(8)9/h1-6H. The topological polar surface area (TPSA) is 7.76 Å². The van der Waals surface area contributed by atoms with Gasteiger partial charge in [0.15, 0.2) is 0 Å². The fourth-order valence-corrected chi connectivity index (χ4v) is 1.68. The summed E-state index contributed by atoms with van der Waals surface area (Å²) in [5.74, 6) is 0. The number of aromatic nitrogens is 2. The molecule has 0 aromatic heterocycles. The van der Waals surface area contributed by atoms with Crippen LogP contribution in [0.4, 0.5) is 0 Å². The van der Waals surface area contributed by atoms with Crippen molar-refractivity contribution in [1.29, 1.82) is 0 Å². The van der Waals surface area contributed by atoms with E-state index in [0.29, 0.717) is 0 Å². The van der Waals surface area contributed by atoms with Crippen molar-refractivity contribution in [3.63, 3.8) is 0 Å². The van der Waals surface area contributed by atoms with E-state index in [1.54, 1.807) is 14.3 Å². The van der Waals surface area contributed by atoms with Gasteiger partial charge in [-0.15, -0.1) is 0 Å². The number of hydrogen-bond acceptors (Lipinski definition) is 2. The van der Waals surface area contributed by atoms with Gasteiger partial charge in [0, 0.05) is 12.1 Å². The SMILES string of the molecule is [S-][n+]1c[n+]([S-])c2cccccc1-2. The maximum Gasteiger partial charge on any atom is 0.378 e. The summed E-state index contributed by atoms with van der Waals surface area (Å²) in [6.45, 7) is 0. The molecular formula is C8H6N2S2. The van der Waals surface area contributed by atoms with Crippen LogP contribution in [-0.4, -0.2) is 0 Å². The van der Waals surface area contributed by atoms with Crippen LogP contribution in [0.5, 0.6) is 0 Å². The summed E-state index contributed by atoms with van der Waals surface area (Å²) in [5, 5.41) is 0. The molecule has 0 N–H and O–H groups in total. The van der Waals surface area contributed by atoms with Gasteiger partial charge >= 0.3 is 6.33 Å². The lowest BCUT2D eigenvalue weighted by atomic mass is 10.3. The molecule has 0 radical (unpaired) electrons. The van der Waals surface area contributed by atoms with Crippen molar-refractivity contribution < 1.29 is 7.94 Å². The van der Waals surface area contributed by atoms with E-state index in [-0.39, 0.29) is 0 Å². The van der Waals surface area contributed by atoms with Crippen LogP contribution >= 0.6 is 0 Å². The van der Waals surface area contributed by atoms with Gasteiger partial charge in [-0.3, -0.25) is 0 Å². The van der Waals surface area contributed by atoms with E-state index < -0.39 is 0 Å². The van der Waals surface area contributed by atoms with E-state index in [0.717, 1.165) is 11.4 Å². The molecule has 1 aliphatic heterocycles. The minimum absolute atomic E-state index is 0.963. The average molecular weight is 194 g/mol. The summed E-state index contributed by atoms with van der Waals surface area (Å²) in [4.78, 5) is 0. The molecule has 0 saturated heterocycles. The van der Waals surface area contributed by atoms with Crippen molar-refractivity contribution in [2.45, 2.75) is 0 Å². The van der Waals surface area contributed by atoms with E-state index in [1.807, 2.05) is 30.3 Å². The second kappa shape index (κ2) is 2.80. The molecule has 12 heavy (non-hydrogen) atoms. The van der Waals surface area contributed by atoms with Crippen molar-refractivity contribution in [3.8, 4) is 11.4 Å².